The third-order valence-corrected chi connectivity index (χ3v) is 6.01. The Hall–Kier alpha value is -1.02. The van der Waals surface area contributed by atoms with Crippen molar-refractivity contribution in [2.75, 3.05) is 18.8 Å². The van der Waals surface area contributed by atoms with E-state index in [0.717, 1.165) is 38.8 Å². The first kappa shape index (κ1) is 16.4. The molecule has 0 atom stereocenters. The van der Waals surface area contributed by atoms with Crippen molar-refractivity contribution in [3.8, 4) is 0 Å². The monoisotopic (exact) mass is 330 g/mol. The van der Waals surface area contributed by atoms with Crippen molar-refractivity contribution < 1.29 is 8.42 Å². The highest BCUT2D eigenvalue weighted by Gasteiger charge is 2.27. The molecule has 8 heteroatoms. The van der Waals surface area contributed by atoms with Crippen LogP contribution in [0.1, 0.15) is 39.5 Å². The molecule has 0 unspecified atom stereocenters. The molecule has 2 rings (SSSR count). The minimum atomic E-state index is -3.42. The summed E-state index contributed by atoms with van der Waals surface area (Å²) in [5.41, 5.74) is 0. The van der Waals surface area contributed by atoms with Crippen LogP contribution >= 0.6 is 12.2 Å². The maximum absolute atomic E-state index is 12.3. The van der Waals surface area contributed by atoms with E-state index in [9.17, 15) is 8.42 Å². The van der Waals surface area contributed by atoms with Crippen molar-refractivity contribution in [3.05, 3.63) is 6.33 Å². The molecule has 1 aliphatic carbocycles. The fourth-order valence-corrected chi connectivity index (χ4v) is 4.55. The quantitative estimate of drug-likeness (QED) is 0.766. The van der Waals surface area contributed by atoms with Gasteiger partial charge in [-0.05, 0) is 44.8 Å². The number of nitrogens with zero attached hydrogens (tertiary/aromatic N) is 4. The molecule has 118 valence electrons. The molecule has 1 aromatic rings. The molecule has 21 heavy (non-hydrogen) atoms. The fourth-order valence-electron chi connectivity index (χ4n) is 2.68. The summed E-state index contributed by atoms with van der Waals surface area (Å²) in [5, 5.41) is 4.45. The normalized spacial score (nSPS) is 16.3. The van der Waals surface area contributed by atoms with Crippen LogP contribution in [0.5, 0.6) is 0 Å². The molecule has 1 heterocycles. The molecule has 1 aliphatic rings. The van der Waals surface area contributed by atoms with Gasteiger partial charge in [0.1, 0.15) is 6.33 Å². The first-order valence-electron chi connectivity index (χ1n) is 7.41. The molecule has 6 nitrogen and oxygen atoms in total. The van der Waals surface area contributed by atoms with Gasteiger partial charge in [0.25, 0.3) is 5.16 Å². The lowest BCUT2D eigenvalue weighted by atomic mass is 10.1. The average Bonchev–Trinajstić information content (AvgIpc) is 3.10. The van der Waals surface area contributed by atoms with Gasteiger partial charge in [0.15, 0.2) is 5.11 Å². The molecule has 0 spiro atoms. The van der Waals surface area contributed by atoms with Crippen LogP contribution in [0.4, 0.5) is 0 Å². The topological polar surface area (TPSA) is 68.1 Å². The molecule has 1 aromatic heterocycles. The van der Waals surface area contributed by atoms with E-state index in [1.807, 2.05) is 18.7 Å². The maximum atomic E-state index is 12.3. The Morgan fingerprint density at radius 1 is 1.38 bits per heavy atom. The van der Waals surface area contributed by atoms with E-state index in [1.165, 1.54) is 11.0 Å². The number of thiocarbonyl (C=S) groups is 1. The number of rotatable bonds is 5. The zero-order chi connectivity index (χ0) is 15.5. The largest absolute Gasteiger partial charge is 0.348 e. The first-order chi connectivity index (χ1) is 9.97. The summed E-state index contributed by atoms with van der Waals surface area (Å²) in [6.45, 7) is 5.48. The summed E-state index contributed by atoms with van der Waals surface area (Å²) >= 11 is 5.31. The number of hydrogen-bond acceptors (Lipinski definition) is 5. The van der Waals surface area contributed by atoms with E-state index < -0.39 is 9.84 Å². The minimum absolute atomic E-state index is 0.107. The van der Waals surface area contributed by atoms with Gasteiger partial charge >= 0.3 is 0 Å². The number of sulfone groups is 1. The van der Waals surface area contributed by atoms with E-state index in [2.05, 4.69) is 10.1 Å². The van der Waals surface area contributed by atoms with Gasteiger partial charge in [-0.25, -0.2) is 13.4 Å². The Labute approximate surface area is 131 Å². The van der Waals surface area contributed by atoms with Gasteiger partial charge in [0.2, 0.25) is 9.84 Å². The fraction of sp³-hybridized carbons (Fsp3) is 0.769. The Morgan fingerprint density at radius 2 is 2.00 bits per heavy atom. The van der Waals surface area contributed by atoms with Crippen molar-refractivity contribution in [2.24, 2.45) is 5.92 Å². The maximum Gasteiger partial charge on any atom is 0.267 e. The SMILES string of the molecule is CCN(CC)C(=S)n1cnc(S(=O)(=O)CC2CCCC2)n1. The summed E-state index contributed by atoms with van der Waals surface area (Å²) in [6.07, 6.45) is 5.60. The average molecular weight is 330 g/mol. The smallest absolute Gasteiger partial charge is 0.267 e. The van der Waals surface area contributed by atoms with Crippen LogP contribution in [0.2, 0.25) is 0 Å². The van der Waals surface area contributed by atoms with Crippen LogP contribution in [0.25, 0.3) is 0 Å². The standard InChI is InChI=1S/C13H22N4O2S2/c1-3-16(4-2)13(20)17-10-14-12(15-17)21(18,19)9-11-7-5-6-8-11/h10-11H,3-9H2,1-2H3. The second-order valence-electron chi connectivity index (χ2n) is 5.36. The molecule has 0 saturated heterocycles. The zero-order valence-electron chi connectivity index (χ0n) is 12.5. The summed E-state index contributed by atoms with van der Waals surface area (Å²) in [4.78, 5) is 5.88. The Balaban J connectivity index is 2.13. The Bertz CT molecular complexity index is 587. The first-order valence-corrected chi connectivity index (χ1v) is 9.47. The molecule has 0 aliphatic heterocycles. The van der Waals surface area contributed by atoms with Gasteiger partial charge in [0.05, 0.1) is 5.75 Å². The predicted octanol–water partition coefficient (Wildman–Crippen LogP) is 1.72. The Morgan fingerprint density at radius 3 is 2.57 bits per heavy atom. The summed E-state index contributed by atoms with van der Waals surface area (Å²) in [7, 11) is -3.42. The summed E-state index contributed by atoms with van der Waals surface area (Å²) in [6, 6.07) is 0. The molecule has 0 amide bonds. The van der Waals surface area contributed by atoms with Gasteiger partial charge in [-0.1, -0.05) is 12.8 Å². The van der Waals surface area contributed by atoms with Crippen LogP contribution < -0.4 is 0 Å². The lowest BCUT2D eigenvalue weighted by Gasteiger charge is -2.20. The molecule has 0 N–H and O–H groups in total. The van der Waals surface area contributed by atoms with E-state index in [-0.39, 0.29) is 16.8 Å². The molecule has 0 radical (unpaired) electrons. The van der Waals surface area contributed by atoms with Crippen LogP contribution in [0.3, 0.4) is 0 Å². The third kappa shape index (κ3) is 3.79. The van der Waals surface area contributed by atoms with E-state index in [4.69, 9.17) is 12.2 Å². The van der Waals surface area contributed by atoms with Gasteiger partial charge in [-0.3, -0.25) is 0 Å². The minimum Gasteiger partial charge on any atom is -0.348 e. The second kappa shape index (κ2) is 6.83. The van der Waals surface area contributed by atoms with Crippen LogP contribution in [-0.4, -0.2) is 52.0 Å². The zero-order valence-corrected chi connectivity index (χ0v) is 14.2. The van der Waals surface area contributed by atoms with E-state index in [0.29, 0.717) is 5.11 Å². The van der Waals surface area contributed by atoms with Crippen LogP contribution in [-0.2, 0) is 9.84 Å². The molecule has 1 fully saturated rings. The predicted molar refractivity (Wildman–Crippen MR) is 84.9 cm³/mol. The molecule has 0 bridgehead atoms. The molecular formula is C13H22N4O2S2. The van der Waals surface area contributed by atoms with Crippen molar-refractivity contribution in [3.63, 3.8) is 0 Å². The van der Waals surface area contributed by atoms with Crippen molar-refractivity contribution in [1.29, 1.82) is 0 Å². The molecule has 1 saturated carbocycles. The van der Waals surface area contributed by atoms with Crippen molar-refractivity contribution in [2.45, 2.75) is 44.7 Å². The van der Waals surface area contributed by atoms with Crippen molar-refractivity contribution >= 4 is 27.2 Å². The van der Waals surface area contributed by atoms with E-state index >= 15 is 0 Å². The van der Waals surface area contributed by atoms with Gasteiger partial charge in [-0.2, -0.15) is 4.68 Å². The lowest BCUT2D eigenvalue weighted by molar-refractivity contribution is 0.453. The van der Waals surface area contributed by atoms with Crippen LogP contribution in [0, 0.1) is 5.92 Å². The third-order valence-electron chi connectivity index (χ3n) is 3.91. The van der Waals surface area contributed by atoms with E-state index in [1.54, 1.807) is 0 Å². The molecule has 0 aromatic carbocycles. The highest BCUT2D eigenvalue weighted by molar-refractivity contribution is 7.91. The van der Waals surface area contributed by atoms with Gasteiger partial charge in [0, 0.05) is 13.1 Å². The van der Waals surface area contributed by atoms with Gasteiger partial charge < -0.3 is 4.90 Å². The number of aromatic nitrogens is 3. The van der Waals surface area contributed by atoms with Gasteiger partial charge in [-0.15, -0.1) is 5.10 Å². The summed E-state index contributed by atoms with van der Waals surface area (Å²) in [5.74, 6) is 0.395. The Kier molecular flexibility index (Phi) is 5.32. The highest BCUT2D eigenvalue weighted by Crippen LogP contribution is 2.27. The highest BCUT2D eigenvalue weighted by atomic mass is 32.2. The second-order valence-corrected chi connectivity index (χ2v) is 7.65. The molecular weight excluding hydrogens is 308 g/mol. The summed E-state index contributed by atoms with van der Waals surface area (Å²) < 4.78 is 26.1. The van der Waals surface area contributed by atoms with Crippen molar-refractivity contribution in [1.82, 2.24) is 19.7 Å². The van der Waals surface area contributed by atoms with Crippen LogP contribution in [0.15, 0.2) is 11.5 Å². The lowest BCUT2D eigenvalue weighted by Crippen LogP contribution is -2.34. The number of hydrogen-bond donors (Lipinski definition) is 0.